The van der Waals surface area contributed by atoms with Crippen LogP contribution in [0, 0.1) is 5.82 Å². The van der Waals surface area contributed by atoms with Crippen LogP contribution in [0.1, 0.15) is 70.6 Å². The first kappa shape index (κ1) is 41.7. The highest BCUT2D eigenvalue weighted by atomic mass is 33.1. The smallest absolute Gasteiger partial charge is 0.315 e. The van der Waals surface area contributed by atoms with Crippen LogP contribution in [0.5, 0.6) is 11.5 Å². The van der Waals surface area contributed by atoms with Crippen LogP contribution in [-0.4, -0.2) is 89.4 Å². The molecule has 2 aromatic rings. The predicted molar refractivity (Wildman–Crippen MR) is 228 cm³/mol. The van der Waals surface area contributed by atoms with Crippen LogP contribution in [-0.2, 0) is 9.59 Å². The molecular weight excluding hydrogens is 774 g/mol. The largest absolute Gasteiger partial charge is 0.493 e. The number of urea groups is 1. The first-order valence-corrected chi connectivity index (χ1v) is 23.2. The van der Waals surface area contributed by atoms with E-state index in [1.54, 1.807) is 34.8 Å². The number of rotatable bonds is 25. The second-order valence-electron chi connectivity index (χ2n) is 14.2. The number of fused-ring (bicyclic) bond motifs is 4. The monoisotopic (exact) mass is 827 g/mol. The Hall–Kier alpha value is -3.89. The third-order valence-electron chi connectivity index (χ3n) is 10.1. The third-order valence-corrected chi connectivity index (χ3v) is 14.1. The second kappa shape index (κ2) is 21.6. The summed E-state index contributed by atoms with van der Waals surface area (Å²) in [6, 6.07) is 12.8. The molecule has 2 fully saturated rings. The number of carbonyl (C=O) groups excluding carboxylic acids is 3. The van der Waals surface area contributed by atoms with Crippen LogP contribution in [0.25, 0.3) is 22.0 Å². The minimum absolute atomic E-state index is 0.0533. The van der Waals surface area contributed by atoms with Gasteiger partial charge < -0.3 is 36.1 Å². The highest BCUT2D eigenvalue weighted by Gasteiger charge is 2.42. The Morgan fingerprint density at radius 3 is 2.48 bits per heavy atom. The Kier molecular flexibility index (Phi) is 16.1. The second-order valence-corrected chi connectivity index (χ2v) is 18.2. The number of aromatic nitrogens is 2. The van der Waals surface area contributed by atoms with Crippen LogP contribution in [0.3, 0.4) is 0 Å². The molecule has 6 rings (SSSR count). The number of unbranched alkanes of at least 4 members (excludes halogenated alkanes) is 5. The van der Waals surface area contributed by atoms with E-state index >= 15 is 0 Å². The molecule has 0 radical (unpaired) electrons. The van der Waals surface area contributed by atoms with E-state index in [9.17, 15) is 18.8 Å². The molecule has 4 aliphatic rings. The van der Waals surface area contributed by atoms with Crippen molar-refractivity contribution in [3.05, 3.63) is 48.3 Å². The summed E-state index contributed by atoms with van der Waals surface area (Å²) in [6.45, 7) is 1.97. The maximum absolute atomic E-state index is 13.7. The number of nitrogens with one attached hydrogen (secondary N) is 7. The zero-order valence-electron chi connectivity index (χ0n) is 31.9. The van der Waals surface area contributed by atoms with Crippen LogP contribution in [0.4, 0.5) is 20.7 Å². The van der Waals surface area contributed by atoms with Gasteiger partial charge in [0.2, 0.25) is 11.8 Å². The number of hydrogen-bond acceptors (Lipinski definition) is 9. The lowest BCUT2D eigenvalue weighted by Crippen LogP contribution is -2.36. The minimum Gasteiger partial charge on any atom is -0.493 e. The molecule has 3 atom stereocenters. The fourth-order valence-electron chi connectivity index (χ4n) is 7.10. The number of H-pyrrole nitrogens is 2. The van der Waals surface area contributed by atoms with Crippen LogP contribution >= 0.6 is 33.3 Å². The van der Waals surface area contributed by atoms with Crippen molar-refractivity contribution in [2.24, 2.45) is 0 Å². The van der Waals surface area contributed by atoms with Gasteiger partial charge >= 0.3 is 6.03 Å². The maximum Gasteiger partial charge on any atom is 0.315 e. The molecule has 7 N–H and O–H groups in total. The van der Waals surface area contributed by atoms with Crippen molar-refractivity contribution in [1.82, 2.24) is 31.5 Å². The first-order valence-electron chi connectivity index (χ1n) is 19.7. The number of amides is 4. The number of carbonyl (C=O) groups is 3. The molecule has 3 heterocycles. The lowest BCUT2D eigenvalue weighted by molar-refractivity contribution is -0.121. The van der Waals surface area contributed by atoms with Gasteiger partial charge in [-0.2, -0.15) is 11.8 Å². The Morgan fingerprint density at radius 1 is 0.875 bits per heavy atom. The molecule has 12 nitrogen and oxygen atoms in total. The van der Waals surface area contributed by atoms with E-state index in [0.717, 1.165) is 103 Å². The van der Waals surface area contributed by atoms with E-state index in [1.807, 2.05) is 30.0 Å². The van der Waals surface area contributed by atoms with E-state index in [0.29, 0.717) is 55.0 Å². The normalized spacial score (nSPS) is 17.5. The van der Waals surface area contributed by atoms with Gasteiger partial charge in [0.1, 0.15) is 11.6 Å². The van der Waals surface area contributed by atoms with Gasteiger partial charge in [-0.1, -0.05) is 46.9 Å². The van der Waals surface area contributed by atoms with Gasteiger partial charge in [0.25, 0.3) is 0 Å². The number of anilines is 2. The number of benzene rings is 2. The Labute approximate surface area is 340 Å². The molecule has 0 bridgehead atoms. The SMILES string of the molecule is COc1cc2c3[nH][nH]c(Nc4cccc(F)c4)c-3cc2cc1OCCCCSSCCC(=O)NCCCCCCNC(=O)CCCCC1SCC2NC(=O)NC21. The zero-order chi connectivity index (χ0) is 39.1. The highest BCUT2D eigenvalue weighted by Crippen LogP contribution is 2.43. The molecule has 304 valence electrons. The van der Waals surface area contributed by atoms with Gasteiger partial charge in [0.15, 0.2) is 11.5 Å². The first-order chi connectivity index (χ1) is 27.4. The molecule has 0 saturated carbocycles. The van der Waals surface area contributed by atoms with E-state index in [-0.39, 0.29) is 35.7 Å². The molecule has 16 heteroatoms. The number of methoxy groups -OCH3 is 1. The molecule has 2 aromatic carbocycles. The van der Waals surface area contributed by atoms with Gasteiger partial charge in [-0.15, -0.1) is 0 Å². The quantitative estimate of drug-likeness (QED) is 0.0200. The van der Waals surface area contributed by atoms with Gasteiger partial charge in [0.05, 0.1) is 31.5 Å². The number of thioether (sulfide) groups is 1. The number of ether oxygens (including phenoxy) is 2. The van der Waals surface area contributed by atoms with Gasteiger partial charge in [-0.3, -0.25) is 19.8 Å². The summed E-state index contributed by atoms with van der Waals surface area (Å²) in [6.07, 6.45) is 9.83. The highest BCUT2D eigenvalue weighted by molar-refractivity contribution is 8.76. The average molecular weight is 828 g/mol. The van der Waals surface area contributed by atoms with Crippen molar-refractivity contribution in [2.75, 3.05) is 49.4 Å². The summed E-state index contributed by atoms with van der Waals surface area (Å²) in [5, 5.41) is 24.1. The summed E-state index contributed by atoms with van der Waals surface area (Å²) >= 11 is 1.91. The Bertz CT molecular complexity index is 1860. The molecule has 3 aliphatic heterocycles. The molecule has 4 amide bonds. The summed E-state index contributed by atoms with van der Waals surface area (Å²) in [7, 11) is 5.16. The van der Waals surface area contributed by atoms with Gasteiger partial charge in [0, 0.05) is 65.1 Å². The third kappa shape index (κ3) is 12.1. The lowest BCUT2D eigenvalue weighted by Gasteiger charge is -2.16. The van der Waals surface area contributed by atoms with Crippen molar-refractivity contribution in [1.29, 1.82) is 0 Å². The van der Waals surface area contributed by atoms with Crippen molar-refractivity contribution >= 4 is 73.5 Å². The Morgan fingerprint density at radius 2 is 1.68 bits per heavy atom. The van der Waals surface area contributed by atoms with Gasteiger partial charge in [-0.25, -0.2) is 9.18 Å². The summed E-state index contributed by atoms with van der Waals surface area (Å²) in [4.78, 5) is 35.9. The van der Waals surface area contributed by atoms with E-state index in [4.69, 9.17) is 9.47 Å². The standard InChI is InChI=1S/C40H54FN7O5S3/c1-52-32-24-29-26(21-30-37(29)47-48-39(30)44-28-12-10-11-27(41)23-28)22-33(32)53-18-8-9-19-55-56-20-15-36(50)43-17-7-3-2-6-16-42-35(49)14-5-4-13-34-38-31(25-54-34)45-40(51)46-38/h10-12,21-24,31,34,38,44,47-48H,2-9,13-20,25H2,1H3,(H,42,49)(H,43,50)(H2,45,46,51). The zero-order valence-corrected chi connectivity index (χ0v) is 34.4. The van der Waals surface area contributed by atoms with Crippen LogP contribution in [0.2, 0.25) is 0 Å². The topological polar surface area (TPSA) is 161 Å². The lowest BCUT2D eigenvalue weighted by atomic mass is 10.0. The molecule has 56 heavy (non-hydrogen) atoms. The number of aromatic amines is 2. The molecule has 0 spiro atoms. The van der Waals surface area contributed by atoms with Crippen molar-refractivity contribution in [3.63, 3.8) is 0 Å². The molecule has 1 aliphatic carbocycles. The summed E-state index contributed by atoms with van der Waals surface area (Å²) in [5.74, 6) is 4.76. The van der Waals surface area contributed by atoms with Crippen LogP contribution in [0.15, 0.2) is 42.5 Å². The van der Waals surface area contributed by atoms with Gasteiger partial charge in [-0.05, 0) is 80.3 Å². The summed E-state index contributed by atoms with van der Waals surface area (Å²) in [5.41, 5.74) is 2.54. The van der Waals surface area contributed by atoms with E-state index < -0.39 is 0 Å². The number of hydrogen-bond donors (Lipinski definition) is 7. The van der Waals surface area contributed by atoms with E-state index in [1.165, 1.54) is 12.1 Å². The van der Waals surface area contributed by atoms with E-state index in [2.05, 4.69) is 42.8 Å². The molecule has 3 unspecified atom stereocenters. The van der Waals surface area contributed by atoms with Crippen molar-refractivity contribution in [3.8, 4) is 22.8 Å². The minimum atomic E-state index is -0.300. The van der Waals surface area contributed by atoms with Crippen molar-refractivity contribution < 1.29 is 28.2 Å². The molecular formula is C40H54FN7O5S3. The maximum atomic E-state index is 13.7. The fourth-order valence-corrected chi connectivity index (χ4v) is 10.8. The molecule has 2 saturated heterocycles. The fraction of sp³-hybridized carbons (Fsp3) is 0.525. The van der Waals surface area contributed by atoms with Crippen molar-refractivity contribution in [2.45, 2.75) is 88.0 Å². The van der Waals surface area contributed by atoms with Crippen LogP contribution < -0.4 is 36.1 Å². The summed E-state index contributed by atoms with van der Waals surface area (Å²) < 4.78 is 25.5. The predicted octanol–water partition coefficient (Wildman–Crippen LogP) is 7.94. The number of halogens is 1. The Balaban J connectivity index is 0.737. The molecule has 0 aromatic heterocycles. The average Bonchev–Trinajstić information content (AvgIpc) is 3.95.